The van der Waals surface area contributed by atoms with Crippen molar-refractivity contribution in [3.8, 4) is 0 Å². The van der Waals surface area contributed by atoms with Crippen molar-refractivity contribution in [2.24, 2.45) is 5.73 Å². The standard InChI is InChI=1S/C7H10N4O2S/c8-6(12)5-7(14-10-9-5)11-1-3-13-4-2-11/h1-4H2,(H2,8,12). The van der Waals surface area contributed by atoms with Crippen LogP contribution in [0.3, 0.4) is 0 Å². The third-order valence-electron chi connectivity index (χ3n) is 2.00. The molecule has 1 amide bonds. The van der Waals surface area contributed by atoms with Crippen molar-refractivity contribution in [3.05, 3.63) is 5.69 Å². The number of hydrogen-bond acceptors (Lipinski definition) is 6. The molecule has 1 fully saturated rings. The molecule has 6 nitrogen and oxygen atoms in total. The molecule has 2 N–H and O–H groups in total. The molecule has 0 aromatic carbocycles. The van der Waals surface area contributed by atoms with E-state index in [1.165, 1.54) is 11.5 Å². The molecule has 0 atom stereocenters. The highest BCUT2D eigenvalue weighted by molar-refractivity contribution is 7.10. The predicted molar refractivity (Wildman–Crippen MR) is 51.5 cm³/mol. The highest BCUT2D eigenvalue weighted by Gasteiger charge is 2.21. The zero-order chi connectivity index (χ0) is 9.97. The number of amides is 1. The first-order chi connectivity index (χ1) is 6.79. The molecular formula is C7H10N4O2S. The van der Waals surface area contributed by atoms with Crippen LogP contribution in [0.4, 0.5) is 5.00 Å². The molecule has 76 valence electrons. The fourth-order valence-corrected chi connectivity index (χ4v) is 2.04. The molecule has 0 spiro atoms. The van der Waals surface area contributed by atoms with E-state index in [1.807, 2.05) is 4.90 Å². The van der Waals surface area contributed by atoms with Gasteiger partial charge in [-0.15, -0.1) is 5.10 Å². The monoisotopic (exact) mass is 214 g/mol. The van der Waals surface area contributed by atoms with Crippen LogP contribution in [0.15, 0.2) is 0 Å². The number of carbonyl (C=O) groups excluding carboxylic acids is 1. The molecule has 0 unspecified atom stereocenters. The summed E-state index contributed by atoms with van der Waals surface area (Å²) < 4.78 is 8.93. The molecule has 7 heteroatoms. The molecule has 1 aliphatic rings. The van der Waals surface area contributed by atoms with Crippen LogP contribution in [0.2, 0.25) is 0 Å². The molecule has 1 saturated heterocycles. The highest BCUT2D eigenvalue weighted by Crippen LogP contribution is 2.23. The maximum Gasteiger partial charge on any atom is 0.272 e. The van der Waals surface area contributed by atoms with Crippen molar-refractivity contribution in [3.63, 3.8) is 0 Å². The van der Waals surface area contributed by atoms with Crippen molar-refractivity contribution < 1.29 is 9.53 Å². The SMILES string of the molecule is NC(=O)c1nnsc1N1CCOCC1. The number of morpholine rings is 1. The lowest BCUT2D eigenvalue weighted by atomic mass is 10.3. The van der Waals surface area contributed by atoms with Gasteiger partial charge in [-0.05, 0) is 0 Å². The van der Waals surface area contributed by atoms with Gasteiger partial charge in [0.15, 0.2) is 5.69 Å². The second-order valence-electron chi connectivity index (χ2n) is 2.89. The Balaban J connectivity index is 2.21. The highest BCUT2D eigenvalue weighted by atomic mass is 32.1. The first kappa shape index (κ1) is 9.35. The van der Waals surface area contributed by atoms with Crippen LogP contribution in [-0.4, -0.2) is 41.8 Å². The van der Waals surface area contributed by atoms with Crippen molar-refractivity contribution in [1.82, 2.24) is 9.59 Å². The number of primary amides is 1. The van der Waals surface area contributed by atoms with Crippen molar-refractivity contribution in [2.75, 3.05) is 31.2 Å². The number of rotatable bonds is 2. The van der Waals surface area contributed by atoms with Crippen LogP contribution in [0.1, 0.15) is 10.5 Å². The van der Waals surface area contributed by atoms with E-state index in [-0.39, 0.29) is 5.69 Å². The molecule has 14 heavy (non-hydrogen) atoms. The molecule has 1 aromatic rings. The largest absolute Gasteiger partial charge is 0.378 e. The van der Waals surface area contributed by atoms with Crippen LogP contribution in [0.5, 0.6) is 0 Å². The molecule has 1 aliphatic heterocycles. The van der Waals surface area contributed by atoms with E-state index in [4.69, 9.17) is 10.5 Å². The first-order valence-corrected chi connectivity index (χ1v) is 5.01. The molecule has 0 aliphatic carbocycles. The Labute approximate surface area is 84.8 Å². The summed E-state index contributed by atoms with van der Waals surface area (Å²) in [6.07, 6.45) is 0. The van der Waals surface area contributed by atoms with E-state index in [0.29, 0.717) is 13.2 Å². The minimum atomic E-state index is -0.528. The van der Waals surface area contributed by atoms with Crippen LogP contribution in [0.25, 0.3) is 0 Å². The predicted octanol–water partition coefficient (Wildman–Crippen LogP) is -0.526. The summed E-state index contributed by atoms with van der Waals surface area (Å²) in [4.78, 5) is 13.0. The Bertz CT molecular complexity index is 334. The second-order valence-corrected chi connectivity index (χ2v) is 3.62. The van der Waals surface area contributed by atoms with Gasteiger partial charge in [-0.3, -0.25) is 4.79 Å². The number of nitrogens with two attached hydrogens (primary N) is 1. The smallest absolute Gasteiger partial charge is 0.272 e. The number of hydrogen-bond donors (Lipinski definition) is 1. The molecule has 2 heterocycles. The van der Waals surface area contributed by atoms with Crippen molar-refractivity contribution >= 4 is 22.4 Å². The molecule has 0 bridgehead atoms. The minimum Gasteiger partial charge on any atom is -0.378 e. The molecular weight excluding hydrogens is 204 g/mol. The van der Waals surface area contributed by atoms with E-state index in [9.17, 15) is 4.79 Å². The van der Waals surface area contributed by atoms with E-state index in [2.05, 4.69) is 9.59 Å². The Kier molecular flexibility index (Phi) is 2.60. The Morgan fingerprint density at radius 2 is 2.21 bits per heavy atom. The topological polar surface area (TPSA) is 81.3 Å². The lowest BCUT2D eigenvalue weighted by Crippen LogP contribution is -2.36. The number of aromatic nitrogens is 2. The summed E-state index contributed by atoms with van der Waals surface area (Å²) in [6, 6.07) is 0. The normalized spacial score (nSPS) is 17.0. The van der Waals surface area contributed by atoms with Gasteiger partial charge >= 0.3 is 0 Å². The van der Waals surface area contributed by atoms with Crippen LogP contribution < -0.4 is 10.6 Å². The Morgan fingerprint density at radius 3 is 2.86 bits per heavy atom. The van der Waals surface area contributed by atoms with Gasteiger partial charge in [0, 0.05) is 24.6 Å². The summed E-state index contributed by atoms with van der Waals surface area (Å²) in [6.45, 7) is 2.83. The van der Waals surface area contributed by atoms with Gasteiger partial charge in [0.05, 0.1) is 13.2 Å². The van der Waals surface area contributed by atoms with Crippen molar-refractivity contribution in [1.29, 1.82) is 0 Å². The fourth-order valence-electron chi connectivity index (χ4n) is 1.31. The maximum atomic E-state index is 11.0. The van der Waals surface area contributed by atoms with Gasteiger partial charge in [-0.25, -0.2) is 0 Å². The zero-order valence-electron chi connectivity index (χ0n) is 7.47. The lowest BCUT2D eigenvalue weighted by molar-refractivity contribution is 0.0994. The fraction of sp³-hybridized carbons (Fsp3) is 0.571. The summed E-state index contributed by atoms with van der Waals surface area (Å²) in [5.41, 5.74) is 5.43. The first-order valence-electron chi connectivity index (χ1n) is 4.24. The van der Waals surface area contributed by atoms with E-state index >= 15 is 0 Å². The average Bonchev–Trinajstić information content (AvgIpc) is 2.67. The summed E-state index contributed by atoms with van der Waals surface area (Å²) in [7, 11) is 0. The maximum absolute atomic E-state index is 11.0. The quantitative estimate of drug-likeness (QED) is 0.716. The Hall–Kier alpha value is -1.21. The lowest BCUT2D eigenvalue weighted by Gasteiger charge is -2.26. The molecule has 2 rings (SSSR count). The summed E-state index contributed by atoms with van der Waals surface area (Å²) >= 11 is 1.19. The number of ether oxygens (including phenoxy) is 1. The van der Waals surface area contributed by atoms with E-state index in [0.717, 1.165) is 18.1 Å². The van der Waals surface area contributed by atoms with Crippen LogP contribution in [-0.2, 0) is 4.74 Å². The molecule has 0 radical (unpaired) electrons. The Morgan fingerprint density at radius 1 is 1.50 bits per heavy atom. The van der Waals surface area contributed by atoms with E-state index < -0.39 is 5.91 Å². The second kappa shape index (κ2) is 3.89. The van der Waals surface area contributed by atoms with Gasteiger partial charge in [-0.2, -0.15) is 0 Å². The van der Waals surface area contributed by atoms with Crippen LogP contribution in [0, 0.1) is 0 Å². The molecule has 0 saturated carbocycles. The van der Waals surface area contributed by atoms with E-state index in [1.54, 1.807) is 0 Å². The number of anilines is 1. The zero-order valence-corrected chi connectivity index (χ0v) is 8.29. The van der Waals surface area contributed by atoms with Crippen LogP contribution >= 0.6 is 11.5 Å². The van der Waals surface area contributed by atoms with Gasteiger partial charge in [0.1, 0.15) is 5.00 Å². The summed E-state index contributed by atoms with van der Waals surface area (Å²) in [5.74, 6) is -0.528. The third kappa shape index (κ3) is 1.68. The van der Waals surface area contributed by atoms with Gasteiger partial charge in [0.25, 0.3) is 5.91 Å². The van der Waals surface area contributed by atoms with Gasteiger partial charge < -0.3 is 15.4 Å². The van der Waals surface area contributed by atoms with Gasteiger partial charge in [0.2, 0.25) is 0 Å². The van der Waals surface area contributed by atoms with Gasteiger partial charge in [-0.1, -0.05) is 4.49 Å². The number of carbonyl (C=O) groups is 1. The third-order valence-corrected chi connectivity index (χ3v) is 2.79. The number of nitrogens with zero attached hydrogens (tertiary/aromatic N) is 3. The van der Waals surface area contributed by atoms with Crippen molar-refractivity contribution in [2.45, 2.75) is 0 Å². The summed E-state index contributed by atoms with van der Waals surface area (Å²) in [5, 5.41) is 4.45. The minimum absolute atomic E-state index is 0.261. The average molecular weight is 214 g/mol. The molecule has 1 aromatic heterocycles.